The van der Waals surface area contributed by atoms with Crippen LogP contribution in [0.3, 0.4) is 0 Å². The van der Waals surface area contributed by atoms with Crippen molar-refractivity contribution in [2.75, 3.05) is 5.32 Å². The third-order valence-corrected chi connectivity index (χ3v) is 2.77. The summed E-state index contributed by atoms with van der Waals surface area (Å²) in [4.78, 5) is 0. The molecule has 0 heterocycles. The minimum atomic E-state index is -2.84. The smallest absolute Gasteiger partial charge is 0.387 e. The normalized spacial score (nSPS) is 10.2. The first kappa shape index (κ1) is 14.1. The Hall–Kier alpha value is -2.32. The van der Waals surface area contributed by atoms with E-state index in [-0.39, 0.29) is 5.75 Å². The molecule has 102 valence electrons. The number of hydrogen-bond acceptors (Lipinski definition) is 3. The Morgan fingerprint density at radius 3 is 2.30 bits per heavy atom. The number of ether oxygens (including phenoxy) is 1. The zero-order chi connectivity index (χ0) is 14.5. The molecule has 0 saturated carbocycles. The van der Waals surface area contributed by atoms with E-state index in [0.29, 0.717) is 22.0 Å². The van der Waals surface area contributed by atoms with Crippen molar-refractivity contribution in [2.45, 2.75) is 6.61 Å². The quantitative estimate of drug-likeness (QED) is 0.899. The van der Waals surface area contributed by atoms with Crippen molar-refractivity contribution >= 4 is 23.0 Å². The Labute approximate surface area is 119 Å². The van der Waals surface area contributed by atoms with Crippen LogP contribution in [-0.4, -0.2) is 6.61 Å². The number of nitrogens with one attached hydrogen (secondary N) is 1. The molecular weight excluding hydrogens is 286 g/mol. The molecule has 2 rings (SSSR count). The predicted molar refractivity (Wildman–Crippen MR) is 72.5 cm³/mol. The molecule has 2 aromatic rings. The van der Waals surface area contributed by atoms with Crippen molar-refractivity contribution in [3.63, 3.8) is 0 Å². The van der Waals surface area contributed by atoms with E-state index in [9.17, 15) is 8.78 Å². The first-order valence-corrected chi connectivity index (χ1v) is 5.98. The highest BCUT2D eigenvalue weighted by Crippen LogP contribution is 2.24. The maximum Gasteiger partial charge on any atom is 0.387 e. The molecule has 0 atom stereocenters. The lowest BCUT2D eigenvalue weighted by atomic mass is 10.2. The van der Waals surface area contributed by atoms with Crippen molar-refractivity contribution in [3.05, 3.63) is 53.1 Å². The number of halogens is 3. The minimum Gasteiger partial charge on any atom is -0.435 e. The van der Waals surface area contributed by atoms with Gasteiger partial charge in [-0.1, -0.05) is 11.6 Å². The summed E-state index contributed by atoms with van der Waals surface area (Å²) < 4.78 is 28.3. The van der Waals surface area contributed by atoms with Crippen LogP contribution in [0.2, 0.25) is 5.02 Å². The summed E-state index contributed by atoms with van der Waals surface area (Å²) in [6, 6.07) is 12.9. The standard InChI is InChI=1S/C14H9ClF2N2O/c15-13-7-11(2-1-9(13)8-18)19-10-3-5-12(6-4-10)20-14(16)17/h1-7,14,19H. The van der Waals surface area contributed by atoms with Gasteiger partial charge in [-0.05, 0) is 42.5 Å². The predicted octanol–water partition coefficient (Wildman–Crippen LogP) is 4.56. The van der Waals surface area contributed by atoms with Gasteiger partial charge in [-0.25, -0.2) is 0 Å². The van der Waals surface area contributed by atoms with Gasteiger partial charge in [0.1, 0.15) is 11.8 Å². The number of nitrogens with zero attached hydrogens (tertiary/aromatic N) is 1. The maximum atomic E-state index is 12.0. The molecule has 0 unspecified atom stereocenters. The Morgan fingerprint density at radius 2 is 1.75 bits per heavy atom. The molecule has 2 aromatic carbocycles. The topological polar surface area (TPSA) is 45.0 Å². The zero-order valence-electron chi connectivity index (χ0n) is 10.1. The SMILES string of the molecule is N#Cc1ccc(Nc2ccc(OC(F)F)cc2)cc1Cl. The van der Waals surface area contributed by atoms with Gasteiger partial charge in [-0.3, -0.25) is 0 Å². The highest BCUT2D eigenvalue weighted by atomic mass is 35.5. The lowest BCUT2D eigenvalue weighted by Gasteiger charge is -2.09. The van der Waals surface area contributed by atoms with Crippen LogP contribution in [0.4, 0.5) is 20.2 Å². The molecule has 0 amide bonds. The molecule has 20 heavy (non-hydrogen) atoms. The Kier molecular flexibility index (Phi) is 4.38. The first-order chi connectivity index (χ1) is 9.58. The third kappa shape index (κ3) is 3.59. The molecule has 0 bridgehead atoms. The number of nitriles is 1. The van der Waals surface area contributed by atoms with Crippen molar-refractivity contribution in [3.8, 4) is 11.8 Å². The molecule has 0 aromatic heterocycles. The second kappa shape index (κ2) is 6.22. The maximum absolute atomic E-state index is 12.0. The van der Waals surface area contributed by atoms with E-state index in [1.165, 1.54) is 12.1 Å². The summed E-state index contributed by atoms with van der Waals surface area (Å²) in [6.45, 7) is -2.84. The fourth-order valence-corrected chi connectivity index (χ4v) is 1.79. The van der Waals surface area contributed by atoms with E-state index in [1.54, 1.807) is 30.3 Å². The van der Waals surface area contributed by atoms with Gasteiger partial charge in [0.05, 0.1) is 10.6 Å². The van der Waals surface area contributed by atoms with E-state index in [0.717, 1.165) is 0 Å². The fourth-order valence-electron chi connectivity index (χ4n) is 1.57. The van der Waals surface area contributed by atoms with E-state index >= 15 is 0 Å². The Morgan fingerprint density at radius 1 is 1.10 bits per heavy atom. The lowest BCUT2D eigenvalue weighted by molar-refractivity contribution is -0.0498. The van der Waals surface area contributed by atoms with E-state index in [1.807, 2.05) is 6.07 Å². The van der Waals surface area contributed by atoms with Gasteiger partial charge in [-0.15, -0.1) is 0 Å². The summed E-state index contributed by atoms with van der Waals surface area (Å²) in [6.07, 6.45) is 0. The van der Waals surface area contributed by atoms with Gasteiger partial charge in [0.25, 0.3) is 0 Å². The molecular formula is C14H9ClF2N2O. The number of anilines is 2. The van der Waals surface area contributed by atoms with Crippen molar-refractivity contribution in [2.24, 2.45) is 0 Å². The van der Waals surface area contributed by atoms with Gasteiger partial charge in [-0.2, -0.15) is 14.0 Å². The molecule has 0 saturated heterocycles. The van der Waals surface area contributed by atoms with Gasteiger partial charge in [0.15, 0.2) is 0 Å². The number of benzene rings is 2. The Balaban J connectivity index is 2.10. The van der Waals surface area contributed by atoms with Crippen LogP contribution in [-0.2, 0) is 0 Å². The second-order valence-corrected chi connectivity index (χ2v) is 4.24. The van der Waals surface area contributed by atoms with E-state index in [2.05, 4.69) is 10.1 Å². The van der Waals surface area contributed by atoms with E-state index < -0.39 is 6.61 Å². The summed E-state index contributed by atoms with van der Waals surface area (Å²) in [5.41, 5.74) is 1.77. The minimum absolute atomic E-state index is 0.0865. The van der Waals surface area contributed by atoms with Crippen molar-refractivity contribution < 1.29 is 13.5 Å². The van der Waals surface area contributed by atoms with Crippen molar-refractivity contribution in [1.29, 1.82) is 5.26 Å². The second-order valence-electron chi connectivity index (χ2n) is 3.83. The molecule has 0 radical (unpaired) electrons. The zero-order valence-corrected chi connectivity index (χ0v) is 10.9. The highest BCUT2D eigenvalue weighted by Gasteiger charge is 2.04. The molecule has 0 aliphatic carbocycles. The van der Waals surface area contributed by atoms with Crippen LogP contribution in [0.15, 0.2) is 42.5 Å². The summed E-state index contributed by atoms with van der Waals surface area (Å²) in [5, 5.41) is 12.2. The van der Waals surface area contributed by atoms with Crippen LogP contribution in [0.1, 0.15) is 5.56 Å². The van der Waals surface area contributed by atoms with Gasteiger partial charge in [0, 0.05) is 11.4 Å². The molecule has 0 fully saturated rings. The van der Waals surface area contributed by atoms with Gasteiger partial charge >= 0.3 is 6.61 Å². The monoisotopic (exact) mass is 294 g/mol. The van der Waals surface area contributed by atoms with Gasteiger partial charge < -0.3 is 10.1 Å². The molecule has 1 N–H and O–H groups in total. The average molecular weight is 295 g/mol. The fraction of sp³-hybridized carbons (Fsp3) is 0.0714. The lowest BCUT2D eigenvalue weighted by Crippen LogP contribution is -2.01. The third-order valence-electron chi connectivity index (χ3n) is 2.46. The Bertz CT molecular complexity index is 639. The molecule has 3 nitrogen and oxygen atoms in total. The average Bonchev–Trinajstić information content (AvgIpc) is 2.41. The molecule has 0 aliphatic heterocycles. The number of rotatable bonds is 4. The largest absolute Gasteiger partial charge is 0.435 e. The van der Waals surface area contributed by atoms with Crippen LogP contribution in [0.25, 0.3) is 0 Å². The molecule has 0 aliphatic rings. The van der Waals surface area contributed by atoms with Crippen molar-refractivity contribution in [1.82, 2.24) is 0 Å². The highest BCUT2D eigenvalue weighted by molar-refractivity contribution is 6.32. The number of hydrogen-bond donors (Lipinski definition) is 1. The number of alkyl halides is 2. The summed E-state index contributed by atoms with van der Waals surface area (Å²) in [7, 11) is 0. The van der Waals surface area contributed by atoms with E-state index in [4.69, 9.17) is 16.9 Å². The molecule has 6 heteroatoms. The summed E-state index contributed by atoms with van der Waals surface area (Å²) >= 11 is 5.91. The van der Waals surface area contributed by atoms with Crippen LogP contribution in [0.5, 0.6) is 5.75 Å². The first-order valence-electron chi connectivity index (χ1n) is 5.60. The van der Waals surface area contributed by atoms with Crippen LogP contribution >= 0.6 is 11.6 Å². The summed E-state index contributed by atoms with van der Waals surface area (Å²) in [5.74, 6) is 0.0865. The van der Waals surface area contributed by atoms with Gasteiger partial charge in [0.2, 0.25) is 0 Å². The molecule has 0 spiro atoms. The van der Waals surface area contributed by atoms with Crippen LogP contribution < -0.4 is 10.1 Å². The van der Waals surface area contributed by atoms with Crippen LogP contribution in [0, 0.1) is 11.3 Å².